The van der Waals surface area contributed by atoms with Crippen LogP contribution in [-0.4, -0.2) is 15.4 Å². The van der Waals surface area contributed by atoms with E-state index in [0.717, 1.165) is 28.3 Å². The molecule has 0 aliphatic heterocycles. The second-order valence-electron chi connectivity index (χ2n) is 4.95. The van der Waals surface area contributed by atoms with E-state index in [1.54, 1.807) is 0 Å². The number of fused-ring (bicyclic) bond motifs is 1. The van der Waals surface area contributed by atoms with Crippen molar-refractivity contribution in [3.63, 3.8) is 0 Å². The van der Waals surface area contributed by atoms with Crippen LogP contribution in [0.2, 0.25) is 5.02 Å². The lowest BCUT2D eigenvalue weighted by atomic mass is 10.1. The summed E-state index contributed by atoms with van der Waals surface area (Å²) in [4.78, 5) is 4.66. The van der Waals surface area contributed by atoms with Crippen molar-refractivity contribution in [2.24, 2.45) is 5.92 Å². The molecule has 18 heavy (non-hydrogen) atoms. The molecule has 0 fully saturated rings. The number of imidazole rings is 1. The molecule has 0 amide bonds. The van der Waals surface area contributed by atoms with Crippen molar-refractivity contribution in [1.82, 2.24) is 9.55 Å². The van der Waals surface area contributed by atoms with Crippen molar-refractivity contribution in [3.05, 3.63) is 29.0 Å². The van der Waals surface area contributed by atoms with Crippen LogP contribution in [0.3, 0.4) is 0 Å². The van der Waals surface area contributed by atoms with Crippen LogP contribution in [0.15, 0.2) is 18.2 Å². The molecule has 98 valence electrons. The van der Waals surface area contributed by atoms with E-state index >= 15 is 0 Å². The van der Waals surface area contributed by atoms with Crippen molar-refractivity contribution >= 4 is 34.2 Å². The summed E-state index contributed by atoms with van der Waals surface area (Å²) in [5.74, 6) is 2.18. The van der Waals surface area contributed by atoms with Gasteiger partial charge in [0.05, 0.1) is 11.0 Å². The summed E-state index contributed by atoms with van der Waals surface area (Å²) in [6.07, 6.45) is 0.783. The first kappa shape index (κ1) is 13.7. The molecule has 2 aromatic rings. The molecule has 0 saturated carbocycles. The fraction of sp³-hybridized carbons (Fsp3) is 0.500. The van der Waals surface area contributed by atoms with Gasteiger partial charge in [0.15, 0.2) is 0 Å². The van der Waals surface area contributed by atoms with E-state index in [-0.39, 0.29) is 0 Å². The lowest BCUT2D eigenvalue weighted by Gasteiger charge is -2.21. The summed E-state index contributed by atoms with van der Waals surface area (Å²) < 4.78 is 2.29. The normalized spacial score (nSPS) is 13.4. The van der Waals surface area contributed by atoms with Gasteiger partial charge in [-0.2, -0.15) is 0 Å². The number of halogens is 2. The van der Waals surface area contributed by atoms with Crippen molar-refractivity contribution < 1.29 is 0 Å². The third kappa shape index (κ3) is 2.50. The Morgan fingerprint density at radius 1 is 1.28 bits per heavy atom. The minimum Gasteiger partial charge on any atom is -0.325 e. The molecule has 1 aromatic heterocycles. The molecule has 4 heteroatoms. The van der Waals surface area contributed by atoms with Gasteiger partial charge in [-0.1, -0.05) is 25.4 Å². The van der Waals surface area contributed by atoms with Gasteiger partial charge in [-0.15, -0.1) is 11.6 Å². The zero-order chi connectivity index (χ0) is 13.3. The van der Waals surface area contributed by atoms with Crippen LogP contribution in [0.1, 0.15) is 32.6 Å². The largest absolute Gasteiger partial charge is 0.325 e. The Bertz CT molecular complexity index is 546. The summed E-state index contributed by atoms with van der Waals surface area (Å²) in [5, 5.41) is 0.724. The average Bonchev–Trinajstić information content (AvgIpc) is 2.65. The molecule has 0 aliphatic carbocycles. The van der Waals surface area contributed by atoms with Gasteiger partial charge in [0.25, 0.3) is 0 Å². The number of aryl methyl sites for hydroxylation is 1. The minimum atomic E-state index is 0.398. The Labute approximate surface area is 118 Å². The van der Waals surface area contributed by atoms with Gasteiger partial charge in [-0.25, -0.2) is 4.98 Å². The van der Waals surface area contributed by atoms with Crippen LogP contribution in [0, 0.1) is 5.92 Å². The predicted octanol–water partition coefficient (Wildman–Crippen LogP) is 4.69. The Morgan fingerprint density at radius 2 is 2.00 bits per heavy atom. The molecular formula is C14H18Cl2N2. The molecule has 2 nitrogen and oxygen atoms in total. The van der Waals surface area contributed by atoms with Crippen molar-refractivity contribution in [2.75, 3.05) is 5.88 Å². The van der Waals surface area contributed by atoms with Crippen LogP contribution in [0.5, 0.6) is 0 Å². The molecule has 0 saturated heterocycles. The Kier molecular flexibility index (Phi) is 4.18. The highest BCUT2D eigenvalue weighted by Gasteiger charge is 2.17. The summed E-state index contributed by atoms with van der Waals surface area (Å²) in [5.41, 5.74) is 2.09. The van der Waals surface area contributed by atoms with Crippen LogP contribution in [0.25, 0.3) is 11.0 Å². The zero-order valence-electron chi connectivity index (χ0n) is 11.0. The minimum absolute atomic E-state index is 0.398. The molecule has 0 bridgehead atoms. The molecule has 0 aliphatic rings. The van der Waals surface area contributed by atoms with Crippen LogP contribution >= 0.6 is 23.2 Å². The molecule has 0 radical (unpaired) electrons. The maximum absolute atomic E-state index is 6.02. The van der Waals surface area contributed by atoms with Crippen molar-refractivity contribution in [2.45, 2.75) is 33.2 Å². The summed E-state index contributed by atoms with van der Waals surface area (Å²) >= 11 is 11.9. The maximum atomic E-state index is 6.02. The van der Waals surface area contributed by atoms with E-state index in [2.05, 4.69) is 30.3 Å². The number of rotatable bonds is 4. The molecular weight excluding hydrogens is 267 g/mol. The second kappa shape index (κ2) is 5.50. The first-order chi connectivity index (χ1) is 8.54. The molecule has 0 N–H and O–H groups in total. The Balaban J connectivity index is 2.62. The lowest BCUT2D eigenvalue weighted by molar-refractivity contribution is 0.407. The number of aromatic nitrogens is 2. The van der Waals surface area contributed by atoms with E-state index in [1.165, 1.54) is 0 Å². The van der Waals surface area contributed by atoms with Gasteiger partial charge in [-0.05, 0) is 31.0 Å². The summed E-state index contributed by atoms with van der Waals surface area (Å²) in [6, 6.07) is 6.27. The number of hydrogen-bond acceptors (Lipinski definition) is 1. The first-order valence-electron chi connectivity index (χ1n) is 6.27. The van der Waals surface area contributed by atoms with Crippen molar-refractivity contribution in [3.8, 4) is 0 Å². The fourth-order valence-corrected chi connectivity index (χ4v) is 2.47. The van der Waals surface area contributed by atoms with E-state index < -0.39 is 0 Å². The smallest absolute Gasteiger partial charge is 0.111 e. The van der Waals surface area contributed by atoms with E-state index in [0.29, 0.717) is 17.8 Å². The molecule has 1 aromatic carbocycles. The van der Waals surface area contributed by atoms with E-state index in [4.69, 9.17) is 23.2 Å². The quantitative estimate of drug-likeness (QED) is 0.745. The van der Waals surface area contributed by atoms with E-state index in [1.807, 2.05) is 18.2 Å². The van der Waals surface area contributed by atoms with Crippen LogP contribution in [0.4, 0.5) is 0 Å². The van der Waals surface area contributed by atoms with Gasteiger partial charge < -0.3 is 4.57 Å². The topological polar surface area (TPSA) is 17.8 Å². The second-order valence-corrected chi connectivity index (χ2v) is 5.77. The highest BCUT2D eigenvalue weighted by molar-refractivity contribution is 6.31. The number of nitrogens with zero attached hydrogens (tertiary/aromatic N) is 2. The standard InChI is InChI=1S/C14H18Cl2N2/c1-9(2)10(3)18-13-5-4-11(16)8-12(13)17-14(18)6-7-15/h4-5,8-10H,6-7H2,1-3H3. The first-order valence-corrected chi connectivity index (χ1v) is 7.18. The van der Waals surface area contributed by atoms with Gasteiger partial charge in [-0.3, -0.25) is 0 Å². The monoisotopic (exact) mass is 284 g/mol. The molecule has 1 atom stereocenters. The molecule has 0 spiro atoms. The lowest BCUT2D eigenvalue weighted by Crippen LogP contribution is -2.14. The molecule has 1 unspecified atom stereocenters. The van der Waals surface area contributed by atoms with Crippen LogP contribution < -0.4 is 0 Å². The molecule has 1 heterocycles. The number of hydrogen-bond donors (Lipinski definition) is 0. The zero-order valence-corrected chi connectivity index (χ0v) is 12.5. The highest BCUT2D eigenvalue weighted by atomic mass is 35.5. The van der Waals surface area contributed by atoms with Crippen molar-refractivity contribution in [1.29, 1.82) is 0 Å². The Hall–Kier alpha value is -0.730. The number of benzene rings is 1. The summed E-state index contributed by atoms with van der Waals surface area (Å²) in [6.45, 7) is 6.66. The third-order valence-corrected chi connectivity index (χ3v) is 3.84. The summed E-state index contributed by atoms with van der Waals surface area (Å²) in [7, 11) is 0. The maximum Gasteiger partial charge on any atom is 0.111 e. The molecule has 2 rings (SSSR count). The van der Waals surface area contributed by atoms with Gasteiger partial charge in [0, 0.05) is 23.4 Å². The van der Waals surface area contributed by atoms with E-state index in [9.17, 15) is 0 Å². The van der Waals surface area contributed by atoms with Gasteiger partial charge in [0.1, 0.15) is 5.82 Å². The number of alkyl halides is 1. The Morgan fingerprint density at radius 3 is 2.61 bits per heavy atom. The third-order valence-electron chi connectivity index (χ3n) is 3.41. The van der Waals surface area contributed by atoms with Gasteiger partial charge >= 0.3 is 0 Å². The van der Waals surface area contributed by atoms with Gasteiger partial charge in [0.2, 0.25) is 0 Å². The SMILES string of the molecule is CC(C)C(C)n1c(CCCl)nc2cc(Cl)ccc21. The predicted molar refractivity (Wildman–Crippen MR) is 78.7 cm³/mol. The van der Waals surface area contributed by atoms with Crippen LogP contribution in [-0.2, 0) is 6.42 Å². The highest BCUT2D eigenvalue weighted by Crippen LogP contribution is 2.27. The average molecular weight is 285 g/mol. The fourth-order valence-electron chi connectivity index (χ4n) is 2.14.